The first kappa shape index (κ1) is 21.4. The average Bonchev–Trinajstić information content (AvgIpc) is 2.77. The van der Waals surface area contributed by atoms with E-state index in [9.17, 15) is 4.39 Å². The number of nitrogens with zero attached hydrogens (tertiary/aromatic N) is 3. The molecule has 0 spiro atoms. The molecule has 158 valence electrons. The fourth-order valence-electron chi connectivity index (χ4n) is 3.58. The molecule has 2 aromatic carbocycles. The number of rotatable bonds is 5. The van der Waals surface area contributed by atoms with Gasteiger partial charge in [-0.1, -0.05) is 58.8 Å². The van der Waals surface area contributed by atoms with E-state index in [1.807, 2.05) is 30.3 Å². The molecule has 0 aliphatic carbocycles. The summed E-state index contributed by atoms with van der Waals surface area (Å²) in [5, 5.41) is 4.35. The maximum atomic E-state index is 14.3. The van der Waals surface area contributed by atoms with Crippen molar-refractivity contribution in [2.75, 3.05) is 13.7 Å². The number of benzene rings is 2. The highest BCUT2D eigenvalue weighted by Crippen LogP contribution is 2.41. The molecule has 6 atom stereocenters. The summed E-state index contributed by atoms with van der Waals surface area (Å²) in [5.41, 5.74) is 9.35. The van der Waals surface area contributed by atoms with E-state index in [4.69, 9.17) is 36.1 Å². The van der Waals surface area contributed by atoms with Gasteiger partial charge in [-0.25, -0.2) is 4.39 Å². The van der Waals surface area contributed by atoms with E-state index in [0.29, 0.717) is 9.92 Å². The van der Waals surface area contributed by atoms with Crippen LogP contribution >= 0.6 is 23.4 Å². The predicted octanol–water partition coefficient (Wildman–Crippen LogP) is 5.10. The lowest BCUT2D eigenvalue weighted by Crippen LogP contribution is -2.60. The zero-order valence-electron chi connectivity index (χ0n) is 15.9. The summed E-state index contributed by atoms with van der Waals surface area (Å²) in [6.45, 7) is 0.229. The summed E-state index contributed by atoms with van der Waals surface area (Å²) < 4.78 is 38.0. The Balaban J connectivity index is 1.59. The molecule has 7 nitrogen and oxygen atoms in total. The summed E-state index contributed by atoms with van der Waals surface area (Å²) in [5.74, 6) is -0.425. The van der Waals surface area contributed by atoms with Crippen molar-refractivity contribution in [3.63, 3.8) is 0 Å². The highest BCUT2D eigenvalue weighted by atomic mass is 35.5. The standard InChI is InChI=1S/C20H19ClFN3O4S/c1-26-18-16(24-25-23)17-14(10-27-19(29-17)11-5-3-2-4-6-11)28-20(18)30-15-9-12(21)7-8-13(15)22/h2-9,14,16-20H,10H2,1H3/t14?,16-,17-,18?,19?,20+/m0/s1. The van der Waals surface area contributed by atoms with Crippen molar-refractivity contribution in [2.45, 2.75) is 41.0 Å². The van der Waals surface area contributed by atoms with Gasteiger partial charge in [-0.15, -0.1) is 0 Å². The fourth-order valence-corrected chi connectivity index (χ4v) is 5.04. The molecule has 4 rings (SSSR count). The monoisotopic (exact) mass is 451 g/mol. The average molecular weight is 452 g/mol. The van der Waals surface area contributed by atoms with Crippen LogP contribution in [-0.4, -0.2) is 43.5 Å². The van der Waals surface area contributed by atoms with Gasteiger partial charge in [0, 0.05) is 27.5 Å². The second-order valence-electron chi connectivity index (χ2n) is 6.81. The Kier molecular flexibility index (Phi) is 6.80. The van der Waals surface area contributed by atoms with E-state index in [2.05, 4.69) is 10.0 Å². The van der Waals surface area contributed by atoms with Crippen LogP contribution in [0.15, 0.2) is 58.5 Å². The van der Waals surface area contributed by atoms with E-state index >= 15 is 0 Å². The molecule has 2 aliphatic heterocycles. The molecule has 0 aromatic heterocycles. The van der Waals surface area contributed by atoms with Crippen LogP contribution < -0.4 is 0 Å². The van der Waals surface area contributed by atoms with E-state index in [-0.39, 0.29) is 6.61 Å². The molecule has 30 heavy (non-hydrogen) atoms. The number of fused-ring (bicyclic) bond motifs is 1. The second kappa shape index (κ2) is 9.53. The first-order valence-electron chi connectivity index (χ1n) is 9.27. The number of ether oxygens (including phenoxy) is 4. The topological polar surface area (TPSA) is 85.7 Å². The summed E-state index contributed by atoms with van der Waals surface area (Å²) >= 11 is 7.13. The smallest absolute Gasteiger partial charge is 0.184 e. The highest BCUT2D eigenvalue weighted by molar-refractivity contribution is 7.99. The van der Waals surface area contributed by atoms with Crippen molar-refractivity contribution in [3.8, 4) is 0 Å². The normalized spacial score (nSPS) is 30.9. The van der Waals surface area contributed by atoms with Gasteiger partial charge >= 0.3 is 0 Å². The first-order chi connectivity index (χ1) is 14.6. The van der Waals surface area contributed by atoms with Crippen molar-refractivity contribution >= 4 is 23.4 Å². The summed E-state index contributed by atoms with van der Waals surface area (Å²) in [6, 6.07) is 13.1. The molecule has 0 saturated carbocycles. The summed E-state index contributed by atoms with van der Waals surface area (Å²) in [7, 11) is 1.49. The Morgan fingerprint density at radius 1 is 1.23 bits per heavy atom. The minimum atomic E-state index is -0.686. The van der Waals surface area contributed by atoms with E-state index in [1.165, 1.54) is 25.3 Å². The van der Waals surface area contributed by atoms with Gasteiger partial charge in [-0.05, 0) is 23.7 Å². The molecule has 0 bridgehead atoms. The Bertz CT molecular complexity index is 934. The van der Waals surface area contributed by atoms with Gasteiger partial charge in [0.05, 0.1) is 12.6 Å². The van der Waals surface area contributed by atoms with E-state index in [1.54, 1.807) is 0 Å². The lowest BCUT2D eigenvalue weighted by Gasteiger charge is -2.47. The van der Waals surface area contributed by atoms with Crippen LogP contribution in [0.25, 0.3) is 10.4 Å². The van der Waals surface area contributed by atoms with E-state index < -0.39 is 41.9 Å². The highest BCUT2D eigenvalue weighted by Gasteiger charge is 2.50. The largest absolute Gasteiger partial charge is 0.377 e. The minimum absolute atomic E-state index is 0.229. The quantitative estimate of drug-likeness (QED) is 0.358. The molecule has 3 unspecified atom stereocenters. The SMILES string of the molecule is COC1[C@@H](Sc2cc(Cl)ccc2F)OC2COC(c3ccccc3)O[C@@H]2[C@@H]1N=[N+]=[N-]. The minimum Gasteiger partial charge on any atom is -0.377 e. The number of methoxy groups -OCH3 is 1. The zero-order chi connectivity index (χ0) is 21.1. The molecular weight excluding hydrogens is 433 g/mol. The first-order valence-corrected chi connectivity index (χ1v) is 10.5. The Hall–Kier alpha value is -1.84. The van der Waals surface area contributed by atoms with Gasteiger partial charge in [0.15, 0.2) is 6.29 Å². The maximum absolute atomic E-state index is 14.3. The number of halogens is 2. The Morgan fingerprint density at radius 3 is 2.77 bits per heavy atom. The molecule has 2 aromatic rings. The zero-order valence-corrected chi connectivity index (χ0v) is 17.5. The van der Waals surface area contributed by atoms with Crippen LogP contribution in [-0.2, 0) is 18.9 Å². The summed E-state index contributed by atoms with van der Waals surface area (Å²) in [6.07, 6.45) is -2.36. The van der Waals surface area contributed by atoms with Gasteiger partial charge in [-0.2, -0.15) is 0 Å². The number of hydrogen-bond donors (Lipinski definition) is 0. The van der Waals surface area contributed by atoms with Gasteiger partial charge in [-0.3, -0.25) is 0 Å². The molecule has 2 aliphatic rings. The third-order valence-corrected chi connectivity index (χ3v) is 6.39. The van der Waals surface area contributed by atoms with Crippen LogP contribution in [0.1, 0.15) is 11.9 Å². The van der Waals surface area contributed by atoms with Crippen LogP contribution in [0.5, 0.6) is 0 Å². The second-order valence-corrected chi connectivity index (χ2v) is 8.38. The van der Waals surface area contributed by atoms with Crippen LogP contribution in [0.4, 0.5) is 4.39 Å². The van der Waals surface area contributed by atoms with Crippen LogP contribution in [0.2, 0.25) is 5.02 Å². The van der Waals surface area contributed by atoms with Gasteiger partial charge < -0.3 is 18.9 Å². The van der Waals surface area contributed by atoms with Gasteiger partial charge in [0.1, 0.15) is 29.6 Å². The van der Waals surface area contributed by atoms with Gasteiger partial charge in [0.2, 0.25) is 0 Å². The number of hydrogen-bond acceptors (Lipinski definition) is 6. The lowest BCUT2D eigenvalue weighted by molar-refractivity contribution is -0.298. The van der Waals surface area contributed by atoms with Crippen LogP contribution in [0.3, 0.4) is 0 Å². The van der Waals surface area contributed by atoms with Crippen LogP contribution in [0, 0.1) is 5.82 Å². The third-order valence-electron chi connectivity index (χ3n) is 4.97. The number of thioether (sulfide) groups is 1. The van der Waals surface area contributed by atoms with Crippen molar-refractivity contribution in [1.82, 2.24) is 0 Å². The molecule has 2 heterocycles. The molecule has 10 heteroatoms. The molecular formula is C20H19ClFN3O4S. The van der Waals surface area contributed by atoms with Gasteiger partial charge in [0.25, 0.3) is 0 Å². The molecule has 0 radical (unpaired) electrons. The van der Waals surface area contributed by atoms with Crippen molar-refractivity contribution in [1.29, 1.82) is 0 Å². The van der Waals surface area contributed by atoms with Crippen molar-refractivity contribution < 1.29 is 23.3 Å². The fraction of sp³-hybridized carbons (Fsp3) is 0.400. The van der Waals surface area contributed by atoms with Crippen molar-refractivity contribution in [3.05, 3.63) is 75.4 Å². The Morgan fingerprint density at radius 2 is 2.03 bits per heavy atom. The predicted molar refractivity (Wildman–Crippen MR) is 110 cm³/mol. The lowest BCUT2D eigenvalue weighted by atomic mass is 9.96. The number of azide groups is 1. The van der Waals surface area contributed by atoms with Crippen molar-refractivity contribution in [2.24, 2.45) is 5.11 Å². The summed E-state index contributed by atoms with van der Waals surface area (Å²) in [4.78, 5) is 3.30. The molecule has 0 amide bonds. The third kappa shape index (κ3) is 4.43. The molecule has 0 N–H and O–H groups in total. The Labute approximate surface area is 182 Å². The van der Waals surface area contributed by atoms with E-state index in [0.717, 1.165) is 17.3 Å². The maximum Gasteiger partial charge on any atom is 0.184 e. The molecule has 2 fully saturated rings. The molecule has 2 saturated heterocycles.